The summed E-state index contributed by atoms with van der Waals surface area (Å²) in [7, 11) is 0. The Labute approximate surface area is 130 Å². The first-order valence-electron chi connectivity index (χ1n) is 8.11. The normalized spacial score (nSPS) is 18.6. The average Bonchev–Trinajstić information content (AvgIpc) is 2.71. The highest BCUT2D eigenvalue weighted by Gasteiger charge is 2.31. The van der Waals surface area contributed by atoms with Crippen LogP contribution in [0.15, 0.2) is 24.3 Å². The highest BCUT2D eigenvalue weighted by atomic mass is 32.1. The summed E-state index contributed by atoms with van der Waals surface area (Å²) in [5.41, 5.74) is 3.14. The van der Waals surface area contributed by atoms with Gasteiger partial charge in [0.05, 0.1) is 0 Å². The first-order valence-corrected chi connectivity index (χ1v) is 8.75. The lowest BCUT2D eigenvalue weighted by atomic mass is 9.81. The van der Waals surface area contributed by atoms with Crippen molar-refractivity contribution in [3.8, 4) is 0 Å². The molecular weight excluding hydrogens is 262 g/mol. The van der Waals surface area contributed by atoms with Gasteiger partial charge in [-0.1, -0.05) is 37.8 Å². The van der Waals surface area contributed by atoms with Gasteiger partial charge in [-0.05, 0) is 55.6 Å². The number of anilines is 1. The molecule has 1 fully saturated rings. The van der Waals surface area contributed by atoms with E-state index in [4.69, 9.17) is 12.6 Å². The Morgan fingerprint density at radius 1 is 1.15 bits per heavy atom. The third-order valence-electron chi connectivity index (χ3n) is 4.77. The first kappa shape index (κ1) is 15.8. The zero-order valence-electron chi connectivity index (χ0n) is 13.1. The van der Waals surface area contributed by atoms with Crippen molar-refractivity contribution in [2.24, 2.45) is 5.41 Å². The van der Waals surface area contributed by atoms with E-state index in [0.29, 0.717) is 5.41 Å². The number of rotatable bonds is 5. The fourth-order valence-electron chi connectivity index (χ4n) is 3.46. The lowest BCUT2D eigenvalue weighted by Gasteiger charge is -2.38. The molecule has 1 saturated carbocycles. The van der Waals surface area contributed by atoms with Crippen molar-refractivity contribution >= 4 is 18.3 Å². The molecular formula is C18H29NS. The van der Waals surface area contributed by atoms with Crippen LogP contribution in [-0.4, -0.2) is 18.8 Å². The fraction of sp³-hybridized carbons (Fsp3) is 0.667. The van der Waals surface area contributed by atoms with Crippen LogP contribution in [0.1, 0.15) is 51.0 Å². The van der Waals surface area contributed by atoms with E-state index in [-0.39, 0.29) is 0 Å². The van der Waals surface area contributed by atoms with E-state index in [1.165, 1.54) is 49.8 Å². The Kier molecular flexibility index (Phi) is 5.83. The summed E-state index contributed by atoms with van der Waals surface area (Å²) in [5.74, 6) is 1.02. The molecule has 0 spiro atoms. The SMILES string of the molecule is CCN(CC1(CS)CCCCCC1)c1cccc(C)c1. The van der Waals surface area contributed by atoms with E-state index < -0.39 is 0 Å². The molecule has 0 heterocycles. The van der Waals surface area contributed by atoms with E-state index in [9.17, 15) is 0 Å². The average molecular weight is 292 g/mol. The second-order valence-corrected chi connectivity index (χ2v) is 6.74. The number of hydrogen-bond acceptors (Lipinski definition) is 2. The molecule has 0 atom stereocenters. The van der Waals surface area contributed by atoms with Crippen LogP contribution < -0.4 is 4.90 Å². The molecule has 1 aliphatic carbocycles. The molecule has 0 aromatic heterocycles. The summed E-state index contributed by atoms with van der Waals surface area (Å²) in [6.07, 6.45) is 8.27. The quantitative estimate of drug-likeness (QED) is 0.584. The van der Waals surface area contributed by atoms with Crippen molar-refractivity contribution in [3.63, 3.8) is 0 Å². The number of benzene rings is 1. The molecule has 0 saturated heterocycles. The van der Waals surface area contributed by atoms with Gasteiger partial charge in [0.25, 0.3) is 0 Å². The summed E-state index contributed by atoms with van der Waals surface area (Å²) in [4.78, 5) is 2.55. The Bertz CT molecular complexity index is 408. The Balaban J connectivity index is 2.14. The van der Waals surface area contributed by atoms with Crippen LogP contribution >= 0.6 is 12.6 Å². The minimum absolute atomic E-state index is 0.416. The summed E-state index contributed by atoms with van der Waals surface area (Å²) in [6.45, 7) is 6.69. The van der Waals surface area contributed by atoms with Gasteiger partial charge in [-0.15, -0.1) is 0 Å². The number of nitrogens with zero attached hydrogens (tertiary/aromatic N) is 1. The summed E-state index contributed by atoms with van der Waals surface area (Å²) in [5, 5.41) is 0. The number of hydrogen-bond donors (Lipinski definition) is 1. The Morgan fingerprint density at radius 3 is 2.40 bits per heavy atom. The standard InChI is InChI=1S/C18H29NS/c1-3-19(17-10-8-9-16(2)13-17)14-18(15-20)11-6-4-5-7-12-18/h8-10,13,20H,3-7,11-12,14-15H2,1-2H3. The third kappa shape index (κ3) is 3.94. The molecule has 0 unspecified atom stereocenters. The highest BCUT2D eigenvalue weighted by Crippen LogP contribution is 2.37. The molecule has 0 N–H and O–H groups in total. The smallest absolute Gasteiger partial charge is 0.0368 e. The van der Waals surface area contributed by atoms with Gasteiger partial charge in [0.2, 0.25) is 0 Å². The van der Waals surface area contributed by atoms with Crippen molar-refractivity contribution in [2.75, 3.05) is 23.7 Å². The van der Waals surface area contributed by atoms with Gasteiger partial charge in [0, 0.05) is 18.8 Å². The number of aryl methyl sites for hydroxylation is 1. The van der Waals surface area contributed by atoms with Crippen LogP contribution in [0.2, 0.25) is 0 Å². The first-order chi connectivity index (χ1) is 9.69. The molecule has 1 aromatic rings. The molecule has 112 valence electrons. The maximum Gasteiger partial charge on any atom is 0.0368 e. The fourth-order valence-corrected chi connectivity index (χ4v) is 3.88. The second-order valence-electron chi connectivity index (χ2n) is 6.43. The van der Waals surface area contributed by atoms with Gasteiger partial charge >= 0.3 is 0 Å². The van der Waals surface area contributed by atoms with Crippen LogP contribution in [0.3, 0.4) is 0 Å². The summed E-state index contributed by atoms with van der Waals surface area (Å²) >= 11 is 4.72. The zero-order chi connectivity index (χ0) is 14.4. The maximum atomic E-state index is 4.72. The summed E-state index contributed by atoms with van der Waals surface area (Å²) in [6, 6.07) is 8.91. The van der Waals surface area contributed by atoms with Crippen LogP contribution in [0.25, 0.3) is 0 Å². The molecule has 0 bridgehead atoms. The minimum atomic E-state index is 0.416. The second kappa shape index (κ2) is 7.40. The lowest BCUT2D eigenvalue weighted by molar-refractivity contribution is 0.290. The molecule has 2 rings (SSSR count). The van der Waals surface area contributed by atoms with Gasteiger partial charge in [-0.25, -0.2) is 0 Å². The molecule has 2 heteroatoms. The van der Waals surface area contributed by atoms with E-state index >= 15 is 0 Å². The van der Waals surface area contributed by atoms with Gasteiger partial charge in [0.15, 0.2) is 0 Å². The van der Waals surface area contributed by atoms with Gasteiger partial charge < -0.3 is 4.90 Å². The predicted molar refractivity (Wildman–Crippen MR) is 93.1 cm³/mol. The van der Waals surface area contributed by atoms with Gasteiger partial charge in [0.1, 0.15) is 0 Å². The van der Waals surface area contributed by atoms with E-state index in [0.717, 1.165) is 18.8 Å². The van der Waals surface area contributed by atoms with Crippen molar-refractivity contribution in [2.45, 2.75) is 52.4 Å². The van der Waals surface area contributed by atoms with Crippen molar-refractivity contribution in [3.05, 3.63) is 29.8 Å². The topological polar surface area (TPSA) is 3.24 Å². The van der Waals surface area contributed by atoms with E-state index in [1.807, 2.05) is 0 Å². The molecule has 1 aromatic carbocycles. The van der Waals surface area contributed by atoms with Crippen LogP contribution in [-0.2, 0) is 0 Å². The number of thiol groups is 1. The van der Waals surface area contributed by atoms with Crippen LogP contribution in [0.5, 0.6) is 0 Å². The largest absolute Gasteiger partial charge is 0.371 e. The van der Waals surface area contributed by atoms with Gasteiger partial charge in [-0.3, -0.25) is 0 Å². The van der Waals surface area contributed by atoms with Crippen LogP contribution in [0, 0.1) is 12.3 Å². The van der Waals surface area contributed by atoms with Gasteiger partial charge in [-0.2, -0.15) is 12.6 Å². The van der Waals surface area contributed by atoms with Crippen molar-refractivity contribution < 1.29 is 0 Å². The van der Waals surface area contributed by atoms with Crippen LogP contribution in [0.4, 0.5) is 5.69 Å². The Hall–Kier alpha value is -0.630. The lowest BCUT2D eigenvalue weighted by Crippen LogP contribution is -2.39. The Morgan fingerprint density at radius 2 is 1.85 bits per heavy atom. The third-order valence-corrected chi connectivity index (χ3v) is 5.45. The van der Waals surface area contributed by atoms with Crippen molar-refractivity contribution in [1.82, 2.24) is 0 Å². The highest BCUT2D eigenvalue weighted by molar-refractivity contribution is 7.80. The molecule has 1 aliphatic rings. The predicted octanol–water partition coefficient (Wildman–Crippen LogP) is 5.09. The van der Waals surface area contributed by atoms with E-state index in [2.05, 4.69) is 43.0 Å². The van der Waals surface area contributed by atoms with E-state index in [1.54, 1.807) is 0 Å². The monoisotopic (exact) mass is 291 g/mol. The zero-order valence-corrected chi connectivity index (χ0v) is 14.0. The minimum Gasteiger partial charge on any atom is -0.371 e. The summed E-state index contributed by atoms with van der Waals surface area (Å²) < 4.78 is 0. The molecule has 0 aliphatic heterocycles. The molecule has 0 amide bonds. The molecule has 0 radical (unpaired) electrons. The van der Waals surface area contributed by atoms with Crippen molar-refractivity contribution in [1.29, 1.82) is 0 Å². The molecule has 20 heavy (non-hydrogen) atoms. The molecule has 1 nitrogen and oxygen atoms in total. The maximum absolute atomic E-state index is 4.72.